The van der Waals surface area contributed by atoms with Crippen LogP contribution in [0.15, 0.2) is 0 Å². The van der Waals surface area contributed by atoms with Gasteiger partial charge in [0.1, 0.15) is 67.0 Å². The summed E-state index contributed by atoms with van der Waals surface area (Å²) in [6.45, 7) is -3.95. The molecule has 0 radical (unpaired) electrons. The Labute approximate surface area is 304 Å². The van der Waals surface area contributed by atoms with Crippen LogP contribution in [0.25, 0.3) is 0 Å². The Morgan fingerprint density at radius 3 is 1.67 bits per heavy atom. The van der Waals surface area contributed by atoms with E-state index in [2.05, 4.69) is 4.18 Å². The van der Waals surface area contributed by atoms with Crippen molar-refractivity contribution in [1.82, 2.24) is 14.2 Å². The second kappa shape index (κ2) is 18.4. The van der Waals surface area contributed by atoms with Gasteiger partial charge in [0.25, 0.3) is 0 Å². The SMILES string of the molecule is O=C(O)[C@H]1O[C@@H](O[C@H]2[C@H](O)[C@@H](NS(=O)(=O)O)[C@@H](OCCNS(=O)(=O)O)O[C@@H]2COS(=O)(=O)O)[C@H](O)[C@@H](O)[C@@H]1O[C@H]1O[C@H](CO)[C@@H](O)[C@H](O)[C@H]1NS(=O)(=O)O. The van der Waals surface area contributed by atoms with Gasteiger partial charge in [0.15, 0.2) is 25.0 Å². The molecule has 3 aliphatic heterocycles. The minimum atomic E-state index is -5.33. The summed E-state index contributed by atoms with van der Waals surface area (Å²) in [5.74, 6) is -2.04. The molecule has 3 aliphatic rings. The van der Waals surface area contributed by atoms with E-state index in [1.807, 2.05) is 0 Å². The highest BCUT2D eigenvalue weighted by Crippen LogP contribution is 2.33. The predicted octanol–water partition coefficient (Wildman–Crippen LogP) is -9.44. The van der Waals surface area contributed by atoms with Gasteiger partial charge in [-0.15, -0.1) is 0 Å². The van der Waals surface area contributed by atoms with E-state index in [-0.39, 0.29) is 0 Å². The lowest BCUT2D eigenvalue weighted by atomic mass is 9.95. The molecule has 3 heterocycles. The van der Waals surface area contributed by atoms with Crippen LogP contribution in [0.2, 0.25) is 0 Å². The largest absolute Gasteiger partial charge is 0.479 e. The Kier molecular flexibility index (Phi) is 15.9. The quantitative estimate of drug-likeness (QED) is 0.0449. The Balaban J connectivity index is 1.93. The molecule has 0 aromatic carbocycles. The molecule has 3 rings (SSSR count). The summed E-state index contributed by atoms with van der Waals surface area (Å²) in [6, 6.07) is -4.40. The average Bonchev–Trinajstić information content (AvgIpc) is 3.01. The minimum Gasteiger partial charge on any atom is -0.479 e. The molecule has 0 bridgehead atoms. The van der Waals surface area contributed by atoms with Crippen LogP contribution in [-0.4, -0.2) is 212 Å². The summed E-state index contributed by atoms with van der Waals surface area (Å²) in [5, 5.41) is 73.0. The second-order valence-corrected chi connectivity index (χ2v) is 16.1. The van der Waals surface area contributed by atoms with Gasteiger partial charge < -0.3 is 64.2 Å². The normalized spacial score (nSPS) is 38.6. The standard InChI is InChI=1S/C20H37N3O27S4/c24-3-5-9(25)10(26)7(22-52(35,36)37)19(46-5)49-15-12(28)13(29)20(50-16(15)17(30)31)48-14-6(4-45-54(41,42)43)47-18(44-2-1-21-51(32,33)34)8(11(14)27)23-53(38,39)40/h5-16,18-29H,1-4H2,(H,30,31)(H,32,33,34)(H,35,36,37)(H,38,39,40)(H,41,42,43)/t5-,6-,7-,8-,9-,10-,11-,12-,13-,14-,15+,16+,18+,19-,20-/m1/s1. The molecule has 14 N–H and O–H groups in total. The number of carboxylic acids is 1. The van der Waals surface area contributed by atoms with Gasteiger partial charge in [-0.05, 0) is 0 Å². The van der Waals surface area contributed by atoms with Crippen LogP contribution in [0, 0.1) is 0 Å². The third kappa shape index (κ3) is 13.3. The van der Waals surface area contributed by atoms with Gasteiger partial charge in [-0.2, -0.15) is 47.8 Å². The summed E-state index contributed by atoms with van der Waals surface area (Å²) in [4.78, 5) is 12.3. The molecule has 0 unspecified atom stereocenters. The first-order valence-corrected chi connectivity index (χ1v) is 20.3. The number of hydrogen-bond donors (Lipinski definition) is 14. The van der Waals surface area contributed by atoms with Gasteiger partial charge in [0.2, 0.25) is 0 Å². The van der Waals surface area contributed by atoms with Crippen molar-refractivity contribution in [2.24, 2.45) is 0 Å². The van der Waals surface area contributed by atoms with Gasteiger partial charge in [0.05, 0.1) is 19.8 Å². The number of carboxylic acid groups (broad SMARTS) is 1. The molecule has 3 fully saturated rings. The van der Waals surface area contributed by atoms with E-state index in [1.165, 1.54) is 9.44 Å². The van der Waals surface area contributed by atoms with Crippen LogP contribution in [-0.2, 0) is 78.7 Å². The lowest BCUT2D eigenvalue weighted by molar-refractivity contribution is -0.362. The number of carbonyl (C=O) groups is 1. The number of hydrogen-bond acceptors (Lipinski definition) is 22. The zero-order valence-electron chi connectivity index (χ0n) is 26.6. The van der Waals surface area contributed by atoms with Crippen molar-refractivity contribution in [3.8, 4) is 0 Å². The molecule has 54 heavy (non-hydrogen) atoms. The first-order chi connectivity index (χ1) is 24.6. The summed E-state index contributed by atoms with van der Waals surface area (Å²) in [7, 11) is -20.7. The molecular formula is C20H37N3O27S4. The molecule has 0 saturated carbocycles. The van der Waals surface area contributed by atoms with E-state index < -0.39 is 166 Å². The Morgan fingerprint density at radius 2 is 1.17 bits per heavy atom. The highest BCUT2D eigenvalue weighted by Gasteiger charge is 2.56. The average molecular weight is 880 g/mol. The van der Waals surface area contributed by atoms with Crippen LogP contribution in [0.5, 0.6) is 0 Å². The van der Waals surface area contributed by atoms with Gasteiger partial charge in [-0.1, -0.05) is 0 Å². The van der Waals surface area contributed by atoms with Crippen molar-refractivity contribution in [3.05, 3.63) is 0 Å². The fourth-order valence-electron chi connectivity index (χ4n) is 5.27. The van der Waals surface area contributed by atoms with Crippen molar-refractivity contribution in [2.45, 2.75) is 92.0 Å². The van der Waals surface area contributed by atoms with Crippen LogP contribution >= 0.6 is 0 Å². The highest BCUT2D eigenvalue weighted by atomic mass is 32.3. The van der Waals surface area contributed by atoms with Crippen LogP contribution in [0.1, 0.15) is 0 Å². The van der Waals surface area contributed by atoms with Gasteiger partial charge >= 0.3 is 47.3 Å². The van der Waals surface area contributed by atoms with Crippen molar-refractivity contribution in [3.63, 3.8) is 0 Å². The molecule has 0 aromatic rings. The first kappa shape index (κ1) is 46.8. The smallest absolute Gasteiger partial charge is 0.397 e. The zero-order chi connectivity index (χ0) is 41.1. The van der Waals surface area contributed by atoms with Crippen LogP contribution in [0.3, 0.4) is 0 Å². The van der Waals surface area contributed by atoms with E-state index in [1.54, 1.807) is 4.72 Å². The van der Waals surface area contributed by atoms with E-state index >= 15 is 0 Å². The lowest BCUT2D eigenvalue weighted by Crippen LogP contribution is -2.69. The maximum absolute atomic E-state index is 12.3. The number of rotatable bonds is 18. The van der Waals surface area contributed by atoms with E-state index in [0.717, 1.165) is 0 Å². The molecule has 0 amide bonds. The molecule has 34 heteroatoms. The molecule has 318 valence electrons. The molecule has 3 saturated heterocycles. The number of ether oxygens (including phenoxy) is 6. The second-order valence-electron chi connectivity index (χ2n) is 11.4. The Bertz CT molecular complexity index is 1710. The predicted molar refractivity (Wildman–Crippen MR) is 160 cm³/mol. The maximum atomic E-state index is 12.3. The van der Waals surface area contributed by atoms with Gasteiger partial charge in [-0.3, -0.25) is 18.2 Å². The molecule has 30 nitrogen and oxygen atoms in total. The van der Waals surface area contributed by atoms with Crippen molar-refractivity contribution in [2.75, 3.05) is 26.4 Å². The topological polar surface area (TPSA) is 477 Å². The first-order valence-electron chi connectivity index (χ1n) is 14.6. The fourth-order valence-corrected chi connectivity index (χ4v) is 7.10. The highest BCUT2D eigenvalue weighted by molar-refractivity contribution is 7.84. The van der Waals surface area contributed by atoms with Gasteiger partial charge in [-0.25, -0.2) is 8.98 Å². The van der Waals surface area contributed by atoms with E-state index in [4.69, 9.17) is 37.5 Å². The number of aliphatic hydroxyl groups is 6. The molecule has 0 spiro atoms. The maximum Gasteiger partial charge on any atom is 0.397 e. The molecular weight excluding hydrogens is 842 g/mol. The Morgan fingerprint density at radius 1 is 0.630 bits per heavy atom. The lowest BCUT2D eigenvalue weighted by Gasteiger charge is -2.48. The van der Waals surface area contributed by atoms with E-state index in [9.17, 15) is 83.3 Å². The fraction of sp³-hybridized carbons (Fsp3) is 0.950. The number of aliphatic carboxylic acids is 1. The van der Waals surface area contributed by atoms with Crippen molar-refractivity contribution >= 4 is 47.3 Å². The van der Waals surface area contributed by atoms with Crippen molar-refractivity contribution < 1.29 is 125 Å². The monoisotopic (exact) mass is 879 g/mol. The Hall–Kier alpha value is -1.53. The van der Waals surface area contributed by atoms with E-state index in [0.29, 0.717) is 0 Å². The summed E-state index contributed by atoms with van der Waals surface area (Å²) < 4.78 is 168. The van der Waals surface area contributed by atoms with Gasteiger partial charge in [0, 0.05) is 6.54 Å². The molecule has 0 aliphatic carbocycles. The van der Waals surface area contributed by atoms with Crippen molar-refractivity contribution in [1.29, 1.82) is 0 Å². The zero-order valence-corrected chi connectivity index (χ0v) is 29.8. The summed E-state index contributed by atoms with van der Waals surface area (Å²) in [5.41, 5.74) is 0. The van der Waals surface area contributed by atoms with Crippen LogP contribution < -0.4 is 14.2 Å². The molecule has 0 aromatic heterocycles. The minimum absolute atomic E-state index is 0.738. The summed E-state index contributed by atoms with van der Waals surface area (Å²) >= 11 is 0. The third-order valence-corrected chi connectivity index (χ3v) is 9.69. The molecule has 15 atom stereocenters. The number of aliphatic hydroxyl groups excluding tert-OH is 6. The third-order valence-electron chi connectivity index (χ3n) is 7.54. The summed E-state index contributed by atoms with van der Waals surface area (Å²) in [6.07, 6.45) is -29.7. The number of nitrogens with one attached hydrogen (secondary N) is 3. The van der Waals surface area contributed by atoms with Crippen LogP contribution in [0.4, 0.5) is 0 Å².